The molecule has 0 aromatic carbocycles. The Bertz CT molecular complexity index is 353. The van der Waals surface area contributed by atoms with Crippen molar-refractivity contribution < 1.29 is 4.79 Å². The molecule has 0 radical (unpaired) electrons. The number of carbonyl (C=O) groups excluding carboxylic acids is 1. The van der Waals surface area contributed by atoms with E-state index in [2.05, 4.69) is 27.9 Å². The zero-order chi connectivity index (χ0) is 15.2. The lowest BCUT2D eigenvalue weighted by atomic mass is 9.67. The first-order chi connectivity index (χ1) is 9.39. The van der Waals surface area contributed by atoms with Crippen molar-refractivity contribution in [1.29, 1.82) is 0 Å². The molecule has 1 aliphatic carbocycles. The van der Waals surface area contributed by atoms with E-state index in [4.69, 9.17) is 0 Å². The molecular weight excluding hydrogens is 252 g/mol. The third-order valence-corrected chi connectivity index (χ3v) is 4.56. The minimum absolute atomic E-state index is 0.0319. The highest BCUT2D eigenvalue weighted by Gasteiger charge is 2.35. The minimum atomic E-state index is -0.453. The Hall–Kier alpha value is -1.26. The van der Waals surface area contributed by atoms with E-state index in [1.54, 1.807) is 14.1 Å². The van der Waals surface area contributed by atoms with Crippen molar-refractivity contribution in [3.05, 3.63) is 0 Å². The van der Waals surface area contributed by atoms with Gasteiger partial charge >= 0.3 is 0 Å². The van der Waals surface area contributed by atoms with Crippen LogP contribution in [0.2, 0.25) is 0 Å². The van der Waals surface area contributed by atoms with Gasteiger partial charge in [0, 0.05) is 27.2 Å². The number of amides is 1. The Labute approximate surface area is 123 Å². The average Bonchev–Trinajstić information content (AvgIpc) is 2.40. The van der Waals surface area contributed by atoms with Gasteiger partial charge in [0.2, 0.25) is 5.91 Å². The normalized spacial score (nSPS) is 18.1. The maximum absolute atomic E-state index is 11.7. The van der Waals surface area contributed by atoms with E-state index in [1.165, 1.54) is 25.7 Å². The number of guanidine groups is 1. The number of hydrogen-bond acceptors (Lipinski definition) is 2. The van der Waals surface area contributed by atoms with Crippen LogP contribution < -0.4 is 16.0 Å². The molecule has 1 amide bonds. The van der Waals surface area contributed by atoms with Crippen LogP contribution in [0.3, 0.4) is 0 Å². The van der Waals surface area contributed by atoms with Gasteiger partial charge in [0.25, 0.3) is 0 Å². The molecule has 0 bridgehead atoms. The molecule has 116 valence electrons. The molecule has 0 aromatic rings. The fourth-order valence-corrected chi connectivity index (χ4v) is 2.55. The molecule has 1 fully saturated rings. The fraction of sp³-hybridized carbons (Fsp3) is 0.867. The Kier molecular flexibility index (Phi) is 5.84. The van der Waals surface area contributed by atoms with Crippen LogP contribution in [-0.2, 0) is 4.79 Å². The van der Waals surface area contributed by atoms with Gasteiger partial charge in [-0.2, -0.15) is 0 Å². The van der Waals surface area contributed by atoms with Gasteiger partial charge in [-0.05, 0) is 38.5 Å². The predicted octanol–water partition coefficient (Wildman–Crippen LogP) is 1.50. The fourth-order valence-electron chi connectivity index (χ4n) is 2.55. The Morgan fingerprint density at radius 2 is 1.95 bits per heavy atom. The second-order valence-corrected chi connectivity index (χ2v) is 6.45. The van der Waals surface area contributed by atoms with Crippen LogP contribution >= 0.6 is 0 Å². The molecule has 5 heteroatoms. The number of carbonyl (C=O) groups is 1. The molecule has 1 saturated carbocycles. The molecule has 0 aromatic heterocycles. The summed E-state index contributed by atoms with van der Waals surface area (Å²) in [6.07, 6.45) is 5.15. The van der Waals surface area contributed by atoms with Crippen LogP contribution in [0.15, 0.2) is 4.99 Å². The Balaban J connectivity index is 2.42. The van der Waals surface area contributed by atoms with Crippen molar-refractivity contribution >= 4 is 11.9 Å². The third-order valence-electron chi connectivity index (χ3n) is 4.56. The molecular formula is C15H30N4O. The lowest BCUT2D eigenvalue weighted by Gasteiger charge is -2.41. The summed E-state index contributed by atoms with van der Waals surface area (Å²) in [5, 5.41) is 9.34. The van der Waals surface area contributed by atoms with Crippen molar-refractivity contribution in [2.75, 3.05) is 27.2 Å². The second kappa shape index (κ2) is 6.95. The van der Waals surface area contributed by atoms with E-state index in [0.717, 1.165) is 12.5 Å². The van der Waals surface area contributed by atoms with Gasteiger partial charge < -0.3 is 16.0 Å². The highest BCUT2D eigenvalue weighted by molar-refractivity contribution is 5.84. The molecule has 0 atom stereocenters. The lowest BCUT2D eigenvalue weighted by molar-refractivity contribution is -0.128. The van der Waals surface area contributed by atoms with Gasteiger partial charge in [0.1, 0.15) is 0 Å². The molecule has 0 spiro atoms. The van der Waals surface area contributed by atoms with Gasteiger partial charge in [-0.3, -0.25) is 9.79 Å². The van der Waals surface area contributed by atoms with Crippen LogP contribution in [0.4, 0.5) is 0 Å². The summed E-state index contributed by atoms with van der Waals surface area (Å²) in [5.74, 6) is 0.811. The summed E-state index contributed by atoms with van der Waals surface area (Å²) in [7, 11) is 3.43. The number of rotatable bonds is 6. The zero-order valence-corrected chi connectivity index (χ0v) is 13.6. The monoisotopic (exact) mass is 282 g/mol. The van der Waals surface area contributed by atoms with Crippen LogP contribution in [0.1, 0.15) is 46.5 Å². The molecule has 1 rings (SSSR count). The summed E-state index contributed by atoms with van der Waals surface area (Å²) in [6, 6.07) is 0. The Morgan fingerprint density at radius 1 is 1.30 bits per heavy atom. The van der Waals surface area contributed by atoms with Gasteiger partial charge in [-0.25, -0.2) is 0 Å². The van der Waals surface area contributed by atoms with Gasteiger partial charge in [-0.15, -0.1) is 0 Å². The molecule has 0 heterocycles. The second-order valence-electron chi connectivity index (χ2n) is 6.45. The van der Waals surface area contributed by atoms with Crippen molar-refractivity contribution in [3.8, 4) is 0 Å². The van der Waals surface area contributed by atoms with Crippen LogP contribution in [-0.4, -0.2) is 39.1 Å². The van der Waals surface area contributed by atoms with E-state index in [1.807, 2.05) is 13.8 Å². The molecule has 0 unspecified atom stereocenters. The third kappa shape index (κ3) is 4.12. The largest absolute Gasteiger partial charge is 0.359 e. The smallest absolute Gasteiger partial charge is 0.227 e. The maximum Gasteiger partial charge on any atom is 0.227 e. The highest BCUT2D eigenvalue weighted by Crippen LogP contribution is 2.42. The summed E-state index contributed by atoms with van der Waals surface area (Å²) < 4.78 is 0. The summed E-state index contributed by atoms with van der Waals surface area (Å²) in [6.45, 7) is 7.62. The predicted molar refractivity (Wildman–Crippen MR) is 83.8 cm³/mol. The number of hydrogen-bond donors (Lipinski definition) is 3. The molecule has 5 nitrogen and oxygen atoms in total. The topological polar surface area (TPSA) is 65.5 Å². The van der Waals surface area contributed by atoms with Crippen molar-refractivity contribution in [2.45, 2.75) is 46.5 Å². The molecule has 20 heavy (non-hydrogen) atoms. The van der Waals surface area contributed by atoms with Gasteiger partial charge in [0.05, 0.1) is 5.41 Å². The molecule has 0 aliphatic heterocycles. The Morgan fingerprint density at radius 3 is 2.35 bits per heavy atom. The quantitative estimate of drug-likeness (QED) is 0.511. The van der Waals surface area contributed by atoms with Crippen molar-refractivity contribution in [1.82, 2.24) is 16.0 Å². The number of nitrogens with zero attached hydrogens (tertiary/aromatic N) is 1. The maximum atomic E-state index is 11.7. The van der Waals surface area contributed by atoms with E-state index >= 15 is 0 Å². The van der Waals surface area contributed by atoms with E-state index < -0.39 is 5.41 Å². The first kappa shape index (κ1) is 16.8. The zero-order valence-electron chi connectivity index (χ0n) is 13.6. The SMILES string of the molecule is CCC1(CNC(=NC)NCC(C)(C)C(=O)NC)CCC1. The van der Waals surface area contributed by atoms with Crippen LogP contribution in [0.25, 0.3) is 0 Å². The van der Waals surface area contributed by atoms with Crippen molar-refractivity contribution in [2.24, 2.45) is 15.8 Å². The molecule has 1 aliphatic rings. The molecule has 3 N–H and O–H groups in total. The van der Waals surface area contributed by atoms with E-state index in [0.29, 0.717) is 12.0 Å². The lowest BCUT2D eigenvalue weighted by Crippen LogP contribution is -2.50. The van der Waals surface area contributed by atoms with Crippen LogP contribution in [0, 0.1) is 10.8 Å². The average molecular weight is 282 g/mol. The van der Waals surface area contributed by atoms with Crippen LogP contribution in [0.5, 0.6) is 0 Å². The number of nitrogens with one attached hydrogen (secondary N) is 3. The highest BCUT2D eigenvalue weighted by atomic mass is 16.2. The first-order valence-electron chi connectivity index (χ1n) is 7.56. The summed E-state index contributed by atoms with van der Waals surface area (Å²) >= 11 is 0. The summed E-state index contributed by atoms with van der Waals surface area (Å²) in [4.78, 5) is 16.0. The van der Waals surface area contributed by atoms with Gasteiger partial charge in [-0.1, -0.05) is 13.3 Å². The van der Waals surface area contributed by atoms with E-state index in [9.17, 15) is 4.79 Å². The van der Waals surface area contributed by atoms with E-state index in [-0.39, 0.29) is 5.91 Å². The first-order valence-corrected chi connectivity index (χ1v) is 7.56. The summed E-state index contributed by atoms with van der Waals surface area (Å²) in [5.41, 5.74) is -0.000779. The van der Waals surface area contributed by atoms with Crippen molar-refractivity contribution in [3.63, 3.8) is 0 Å². The van der Waals surface area contributed by atoms with Gasteiger partial charge in [0.15, 0.2) is 5.96 Å². The molecule has 0 saturated heterocycles. The standard InChI is InChI=1S/C15H30N4O/c1-6-15(8-7-9-15)11-19-13(17-5)18-10-14(2,3)12(20)16-4/h6-11H2,1-5H3,(H,16,20)(H2,17,18,19). The number of aliphatic imine (C=N–C) groups is 1. The minimum Gasteiger partial charge on any atom is -0.359 e.